The van der Waals surface area contributed by atoms with E-state index in [9.17, 15) is 18.3 Å². The van der Waals surface area contributed by atoms with Gasteiger partial charge in [0.05, 0.1) is 11.7 Å². The largest absolute Gasteiger partial charge is 0.416 e. The average Bonchev–Trinajstić information content (AvgIpc) is 2.66. The van der Waals surface area contributed by atoms with Gasteiger partial charge in [0.2, 0.25) is 0 Å². The molecule has 0 fully saturated rings. The molecule has 27 heavy (non-hydrogen) atoms. The second-order valence-electron chi connectivity index (χ2n) is 6.96. The van der Waals surface area contributed by atoms with E-state index < -0.39 is 17.8 Å². The van der Waals surface area contributed by atoms with Crippen molar-refractivity contribution < 1.29 is 18.3 Å². The van der Waals surface area contributed by atoms with Gasteiger partial charge in [-0.3, -0.25) is 0 Å². The zero-order chi connectivity index (χ0) is 19.4. The van der Waals surface area contributed by atoms with Gasteiger partial charge >= 0.3 is 6.18 Å². The number of benzene rings is 2. The van der Waals surface area contributed by atoms with Crippen molar-refractivity contribution in [2.45, 2.75) is 44.5 Å². The zero-order valence-electron chi connectivity index (χ0n) is 15.3. The summed E-state index contributed by atoms with van der Waals surface area (Å²) in [5.74, 6) is 0. The molecular weight excluding hydrogens is 351 g/mol. The number of aliphatic hydroxyl groups excluding tert-OH is 1. The molecule has 1 aliphatic rings. The molecule has 3 rings (SSSR count). The Morgan fingerprint density at radius 2 is 1.93 bits per heavy atom. The molecule has 2 unspecified atom stereocenters. The van der Waals surface area contributed by atoms with Gasteiger partial charge in [0, 0.05) is 6.04 Å². The van der Waals surface area contributed by atoms with Gasteiger partial charge in [-0.15, -0.1) is 0 Å². The Bertz CT molecular complexity index is 813. The van der Waals surface area contributed by atoms with Crippen molar-refractivity contribution in [2.75, 3.05) is 6.54 Å². The molecule has 2 atom stereocenters. The van der Waals surface area contributed by atoms with Gasteiger partial charge in [0.25, 0.3) is 0 Å². The van der Waals surface area contributed by atoms with Gasteiger partial charge in [-0.2, -0.15) is 13.2 Å². The van der Waals surface area contributed by atoms with E-state index in [4.69, 9.17) is 0 Å². The number of allylic oxidation sites excluding steroid dienone is 1. The molecule has 0 radical (unpaired) electrons. The van der Waals surface area contributed by atoms with Gasteiger partial charge in [-0.05, 0) is 67.1 Å². The third kappa shape index (κ3) is 4.79. The Hall–Kier alpha value is -2.11. The Morgan fingerprint density at radius 1 is 1.15 bits per heavy atom. The first-order valence-electron chi connectivity index (χ1n) is 9.23. The van der Waals surface area contributed by atoms with Crippen LogP contribution in [0.1, 0.15) is 59.7 Å². The Kier molecular flexibility index (Phi) is 6.02. The van der Waals surface area contributed by atoms with Crippen molar-refractivity contribution in [3.8, 4) is 0 Å². The van der Waals surface area contributed by atoms with Crippen molar-refractivity contribution in [1.29, 1.82) is 0 Å². The van der Waals surface area contributed by atoms with Crippen molar-refractivity contribution >= 4 is 6.08 Å². The second kappa shape index (κ2) is 8.28. The van der Waals surface area contributed by atoms with Crippen LogP contribution in [0.2, 0.25) is 0 Å². The highest BCUT2D eigenvalue weighted by atomic mass is 19.4. The molecule has 0 amide bonds. The molecule has 0 bridgehead atoms. The molecule has 0 saturated heterocycles. The average molecular weight is 375 g/mol. The number of aryl methyl sites for hydroxylation is 1. The molecule has 0 aromatic heterocycles. The maximum atomic E-state index is 12.8. The van der Waals surface area contributed by atoms with Gasteiger partial charge < -0.3 is 10.4 Å². The molecule has 1 aliphatic carbocycles. The summed E-state index contributed by atoms with van der Waals surface area (Å²) in [5, 5.41) is 13.6. The fourth-order valence-electron chi connectivity index (χ4n) is 3.51. The van der Waals surface area contributed by atoms with E-state index in [1.165, 1.54) is 28.8 Å². The Labute approximate surface area is 157 Å². The van der Waals surface area contributed by atoms with Crippen LogP contribution in [0.5, 0.6) is 0 Å². The van der Waals surface area contributed by atoms with E-state index in [0.717, 1.165) is 25.0 Å². The maximum absolute atomic E-state index is 12.8. The summed E-state index contributed by atoms with van der Waals surface area (Å²) in [6.07, 6.45) is 1.44. The molecule has 0 heterocycles. The Balaban J connectivity index is 1.60. The number of hydrogen-bond acceptors (Lipinski definition) is 2. The number of halogens is 3. The number of aliphatic hydroxyl groups is 1. The predicted molar refractivity (Wildman–Crippen MR) is 101 cm³/mol. The molecule has 5 heteroatoms. The highest BCUT2D eigenvalue weighted by Crippen LogP contribution is 2.31. The molecule has 0 spiro atoms. The van der Waals surface area contributed by atoms with E-state index >= 15 is 0 Å². The first-order valence-corrected chi connectivity index (χ1v) is 9.23. The molecule has 0 aliphatic heterocycles. The van der Waals surface area contributed by atoms with E-state index in [0.29, 0.717) is 18.5 Å². The summed E-state index contributed by atoms with van der Waals surface area (Å²) in [5.41, 5.74) is 3.36. The van der Waals surface area contributed by atoms with Crippen LogP contribution in [0, 0.1) is 0 Å². The van der Waals surface area contributed by atoms with Crippen LogP contribution >= 0.6 is 0 Å². The lowest BCUT2D eigenvalue weighted by atomic mass is 9.90. The highest BCUT2D eigenvalue weighted by Gasteiger charge is 2.30. The highest BCUT2D eigenvalue weighted by molar-refractivity contribution is 5.60. The van der Waals surface area contributed by atoms with Crippen molar-refractivity contribution in [3.63, 3.8) is 0 Å². The van der Waals surface area contributed by atoms with Gasteiger partial charge in [-0.1, -0.05) is 42.5 Å². The van der Waals surface area contributed by atoms with Crippen LogP contribution in [0.3, 0.4) is 0 Å². The summed E-state index contributed by atoms with van der Waals surface area (Å²) < 4.78 is 38.4. The van der Waals surface area contributed by atoms with Crippen LogP contribution in [0.25, 0.3) is 6.08 Å². The summed E-state index contributed by atoms with van der Waals surface area (Å²) in [6, 6.07) is 11.3. The molecular formula is C22H24F3NO. The van der Waals surface area contributed by atoms with Crippen LogP contribution in [-0.4, -0.2) is 11.7 Å². The van der Waals surface area contributed by atoms with E-state index in [-0.39, 0.29) is 6.04 Å². The predicted octanol–water partition coefficient (Wildman–Crippen LogP) is 5.44. The number of fused-ring (bicyclic) bond motifs is 1. The molecule has 0 saturated carbocycles. The summed E-state index contributed by atoms with van der Waals surface area (Å²) in [6.45, 7) is 2.57. The maximum Gasteiger partial charge on any atom is 0.416 e. The number of alkyl halides is 3. The number of nitrogens with one attached hydrogen (secondary N) is 1. The molecule has 2 aromatic carbocycles. The lowest BCUT2D eigenvalue weighted by molar-refractivity contribution is -0.137. The van der Waals surface area contributed by atoms with Crippen molar-refractivity contribution in [3.05, 3.63) is 76.4 Å². The quantitative estimate of drug-likeness (QED) is 0.705. The summed E-state index contributed by atoms with van der Waals surface area (Å²) in [4.78, 5) is 0. The van der Waals surface area contributed by atoms with Crippen LogP contribution in [0.15, 0.2) is 48.5 Å². The molecule has 144 valence electrons. The van der Waals surface area contributed by atoms with E-state index in [1.807, 2.05) is 0 Å². The van der Waals surface area contributed by atoms with Crippen molar-refractivity contribution in [2.24, 2.45) is 0 Å². The normalized spacial score (nSPS) is 16.0. The SMILES string of the molecule is CC(NCCC(O)c1cccc(C(F)(F)F)c1)c1cccc2c1C=CCC2. The van der Waals surface area contributed by atoms with Gasteiger partial charge in [0.1, 0.15) is 0 Å². The third-order valence-electron chi connectivity index (χ3n) is 5.03. The second-order valence-corrected chi connectivity index (χ2v) is 6.96. The van der Waals surface area contributed by atoms with Gasteiger partial charge in [-0.25, -0.2) is 0 Å². The van der Waals surface area contributed by atoms with Crippen LogP contribution in [-0.2, 0) is 12.6 Å². The van der Waals surface area contributed by atoms with Gasteiger partial charge in [0.15, 0.2) is 0 Å². The Morgan fingerprint density at radius 3 is 2.70 bits per heavy atom. The first kappa shape index (κ1) is 19.6. The minimum atomic E-state index is -4.40. The van der Waals surface area contributed by atoms with E-state index in [2.05, 4.69) is 42.6 Å². The van der Waals surface area contributed by atoms with Crippen molar-refractivity contribution in [1.82, 2.24) is 5.32 Å². The van der Waals surface area contributed by atoms with Crippen LogP contribution < -0.4 is 5.32 Å². The monoisotopic (exact) mass is 375 g/mol. The number of hydrogen-bond donors (Lipinski definition) is 2. The minimum absolute atomic E-state index is 0.0939. The summed E-state index contributed by atoms with van der Waals surface area (Å²) >= 11 is 0. The fourth-order valence-corrected chi connectivity index (χ4v) is 3.51. The lowest BCUT2D eigenvalue weighted by Crippen LogP contribution is -2.22. The third-order valence-corrected chi connectivity index (χ3v) is 5.03. The fraction of sp³-hybridized carbons (Fsp3) is 0.364. The first-order chi connectivity index (χ1) is 12.9. The van der Waals surface area contributed by atoms with E-state index in [1.54, 1.807) is 0 Å². The molecule has 2 aromatic rings. The standard InChI is InChI=1S/C22H24F3NO/c1-15(19-11-5-7-16-6-2-3-10-20(16)19)26-13-12-21(27)17-8-4-9-18(14-17)22(23,24)25/h3-5,7-11,14-15,21,26-27H,2,6,12-13H2,1H3. The molecule has 2 N–H and O–H groups in total. The number of rotatable bonds is 6. The smallest absolute Gasteiger partial charge is 0.388 e. The molecule has 2 nitrogen and oxygen atoms in total. The zero-order valence-corrected chi connectivity index (χ0v) is 15.3. The topological polar surface area (TPSA) is 32.3 Å². The van der Waals surface area contributed by atoms with Crippen LogP contribution in [0.4, 0.5) is 13.2 Å². The lowest BCUT2D eigenvalue weighted by Gasteiger charge is -2.21. The minimum Gasteiger partial charge on any atom is -0.388 e. The summed E-state index contributed by atoms with van der Waals surface area (Å²) in [7, 11) is 0.